The average Bonchev–Trinajstić information content (AvgIpc) is 3.62. The van der Waals surface area contributed by atoms with Gasteiger partial charge in [-0.05, 0) is 74.5 Å². The lowest BCUT2D eigenvalue weighted by Gasteiger charge is -2.30. The van der Waals surface area contributed by atoms with Crippen LogP contribution in [0.25, 0.3) is 43.1 Å². The van der Waals surface area contributed by atoms with E-state index in [9.17, 15) is 19.2 Å². The second-order valence-corrected chi connectivity index (χ2v) is 14.4. The van der Waals surface area contributed by atoms with Crippen molar-refractivity contribution in [1.29, 1.82) is 0 Å². The van der Waals surface area contributed by atoms with Crippen LogP contribution in [-0.2, 0) is 6.54 Å². The molecule has 6 nitrogen and oxygen atoms in total. The molecular formula is C41H38N2O4S. The topological polar surface area (TPSA) is 74.8 Å². The van der Waals surface area contributed by atoms with Gasteiger partial charge in [0.2, 0.25) is 0 Å². The summed E-state index contributed by atoms with van der Waals surface area (Å²) in [6.45, 7) is 2.91. The van der Waals surface area contributed by atoms with E-state index in [1.165, 1.54) is 66.1 Å². The van der Waals surface area contributed by atoms with Crippen LogP contribution in [0.2, 0.25) is 0 Å². The maximum atomic E-state index is 13.8. The summed E-state index contributed by atoms with van der Waals surface area (Å²) in [5.74, 6) is -1.05. The number of carbonyl (C=O) groups is 4. The molecule has 0 radical (unpaired) electrons. The Balaban J connectivity index is 1.11. The van der Waals surface area contributed by atoms with Crippen LogP contribution >= 0.6 is 11.3 Å². The molecule has 48 heavy (non-hydrogen) atoms. The Labute approximate surface area is 283 Å². The predicted octanol–water partition coefficient (Wildman–Crippen LogP) is 10.1. The fourth-order valence-electron chi connectivity index (χ4n) is 8.03. The van der Waals surface area contributed by atoms with Gasteiger partial charge in [0, 0.05) is 44.4 Å². The third-order valence-corrected chi connectivity index (χ3v) is 11.3. The first-order valence-corrected chi connectivity index (χ1v) is 18.3. The van der Waals surface area contributed by atoms with Gasteiger partial charge in [-0.2, -0.15) is 0 Å². The lowest BCUT2D eigenvalue weighted by atomic mass is 9.82. The molecule has 0 saturated heterocycles. The van der Waals surface area contributed by atoms with Gasteiger partial charge in [0.05, 0.1) is 6.54 Å². The number of imide groups is 2. The molecule has 0 spiro atoms. The van der Waals surface area contributed by atoms with Gasteiger partial charge in [-0.3, -0.25) is 29.0 Å². The lowest BCUT2D eigenvalue weighted by Crippen LogP contribution is -2.40. The Hall–Kier alpha value is -4.62. The number of hydrogen-bond acceptors (Lipinski definition) is 5. The molecule has 2 aliphatic heterocycles. The highest BCUT2D eigenvalue weighted by molar-refractivity contribution is 7.09. The van der Waals surface area contributed by atoms with Crippen LogP contribution in [-0.4, -0.2) is 40.0 Å². The summed E-state index contributed by atoms with van der Waals surface area (Å²) in [6, 6.07) is 19.1. The standard InChI is InChI=1S/C41H38N2O4S/c1-2-3-4-5-6-7-8-9-10-11-22-42-38(44)30-18-14-26-28-16-20-32-37-33(41(47)43(40(32)46)24-25-13-12-23-48-25)21-17-29(35(28)37)27-15-19-31(39(42)45)36(30)34(26)27/h12-21,23H,2-11,22,24H2,1H3. The molecule has 0 fully saturated rings. The van der Waals surface area contributed by atoms with Gasteiger partial charge < -0.3 is 0 Å². The van der Waals surface area contributed by atoms with E-state index in [-0.39, 0.29) is 30.2 Å². The van der Waals surface area contributed by atoms with E-state index in [0.717, 1.165) is 56.5 Å². The first kappa shape index (κ1) is 30.7. The van der Waals surface area contributed by atoms with E-state index in [1.54, 1.807) is 0 Å². The van der Waals surface area contributed by atoms with Gasteiger partial charge in [-0.25, -0.2) is 0 Å². The van der Waals surface area contributed by atoms with Crippen molar-refractivity contribution in [3.05, 3.63) is 93.2 Å². The summed E-state index contributed by atoms with van der Waals surface area (Å²) < 4.78 is 0. The molecule has 0 N–H and O–H groups in total. The minimum atomic E-state index is -0.292. The smallest absolute Gasteiger partial charge is 0.261 e. The molecule has 7 heteroatoms. The van der Waals surface area contributed by atoms with E-state index in [1.807, 2.05) is 66.0 Å². The highest BCUT2D eigenvalue weighted by Crippen LogP contribution is 2.46. The monoisotopic (exact) mass is 654 g/mol. The van der Waals surface area contributed by atoms with Crippen LogP contribution in [0.1, 0.15) is 117 Å². The van der Waals surface area contributed by atoms with Crippen molar-refractivity contribution in [2.45, 2.75) is 77.7 Å². The van der Waals surface area contributed by atoms with Crippen molar-refractivity contribution < 1.29 is 19.2 Å². The largest absolute Gasteiger partial charge is 0.274 e. The SMILES string of the molecule is CCCCCCCCCCCCN1C(=O)c2ccc3c4ccc5c6c(ccc(c7ccc(c2c37)C1=O)c64)C(=O)N(Cc1cccs1)C5=O. The normalized spacial score (nSPS) is 14.6. The summed E-state index contributed by atoms with van der Waals surface area (Å²) >= 11 is 1.52. The van der Waals surface area contributed by atoms with Crippen LogP contribution < -0.4 is 0 Å². The summed E-state index contributed by atoms with van der Waals surface area (Å²) in [5.41, 5.74) is 2.15. The number of hydrogen-bond donors (Lipinski definition) is 0. The van der Waals surface area contributed by atoms with Crippen LogP contribution in [0, 0.1) is 0 Å². The third-order valence-electron chi connectivity index (χ3n) is 10.4. The van der Waals surface area contributed by atoms with E-state index in [2.05, 4.69) is 6.92 Å². The van der Waals surface area contributed by atoms with E-state index in [4.69, 9.17) is 0 Å². The fourth-order valence-corrected chi connectivity index (χ4v) is 8.72. The number of nitrogens with zero attached hydrogens (tertiary/aromatic N) is 2. The molecule has 2 aliphatic rings. The van der Waals surface area contributed by atoms with Crippen molar-refractivity contribution in [2.24, 2.45) is 0 Å². The quantitative estimate of drug-likeness (QED) is 0.0538. The number of carbonyl (C=O) groups excluding carboxylic acids is 4. The maximum absolute atomic E-state index is 13.8. The van der Waals surface area contributed by atoms with Crippen molar-refractivity contribution in [3.63, 3.8) is 0 Å². The number of thiophene rings is 1. The molecule has 1 aromatic heterocycles. The molecule has 0 aliphatic carbocycles. The molecule has 5 aromatic carbocycles. The minimum Gasteiger partial charge on any atom is -0.274 e. The molecule has 3 heterocycles. The second kappa shape index (κ2) is 12.4. The van der Waals surface area contributed by atoms with Gasteiger partial charge in [-0.15, -0.1) is 11.3 Å². The highest BCUT2D eigenvalue weighted by Gasteiger charge is 2.36. The summed E-state index contributed by atoms with van der Waals surface area (Å²) in [7, 11) is 0. The summed E-state index contributed by atoms with van der Waals surface area (Å²) in [6.07, 6.45) is 11.9. The van der Waals surface area contributed by atoms with Gasteiger partial charge in [0.1, 0.15) is 0 Å². The minimum absolute atomic E-state index is 0.231. The molecule has 0 saturated carbocycles. The van der Waals surface area contributed by atoms with Gasteiger partial charge in [-0.1, -0.05) is 95.0 Å². The molecule has 4 amide bonds. The van der Waals surface area contributed by atoms with Gasteiger partial charge in [0.15, 0.2) is 0 Å². The molecular weight excluding hydrogens is 617 g/mol. The molecule has 8 rings (SSSR count). The number of rotatable bonds is 13. The van der Waals surface area contributed by atoms with Gasteiger partial charge >= 0.3 is 0 Å². The van der Waals surface area contributed by atoms with Crippen molar-refractivity contribution >= 4 is 78.1 Å². The third kappa shape index (κ3) is 4.81. The lowest BCUT2D eigenvalue weighted by molar-refractivity contribution is 0.0588. The summed E-state index contributed by atoms with van der Waals surface area (Å²) in [5, 5.41) is 8.70. The first-order chi connectivity index (χ1) is 23.5. The van der Waals surface area contributed by atoms with Crippen molar-refractivity contribution in [3.8, 4) is 0 Å². The van der Waals surface area contributed by atoms with Crippen molar-refractivity contribution in [1.82, 2.24) is 9.80 Å². The highest BCUT2D eigenvalue weighted by atomic mass is 32.1. The van der Waals surface area contributed by atoms with Crippen molar-refractivity contribution in [2.75, 3.05) is 6.54 Å². The van der Waals surface area contributed by atoms with Crippen LogP contribution in [0.3, 0.4) is 0 Å². The Morgan fingerprint density at radius 3 is 1.31 bits per heavy atom. The van der Waals surface area contributed by atoms with Crippen LogP contribution in [0.15, 0.2) is 66.0 Å². The number of amides is 4. The Morgan fingerprint density at radius 2 is 0.896 bits per heavy atom. The molecule has 0 bridgehead atoms. The Morgan fingerprint density at radius 1 is 0.479 bits per heavy atom. The summed E-state index contributed by atoms with van der Waals surface area (Å²) in [4.78, 5) is 58.9. The zero-order valence-electron chi connectivity index (χ0n) is 27.3. The number of fused-ring (bicyclic) bond motifs is 2. The van der Waals surface area contributed by atoms with Crippen LogP contribution in [0.5, 0.6) is 0 Å². The maximum Gasteiger partial charge on any atom is 0.261 e. The number of unbranched alkanes of at least 4 members (excludes halogenated alkanes) is 9. The zero-order chi connectivity index (χ0) is 32.9. The fraction of sp³-hybridized carbons (Fsp3) is 0.317. The Kier molecular flexibility index (Phi) is 7.95. The Bertz CT molecular complexity index is 2130. The van der Waals surface area contributed by atoms with E-state index >= 15 is 0 Å². The van der Waals surface area contributed by atoms with Gasteiger partial charge in [0.25, 0.3) is 23.6 Å². The van der Waals surface area contributed by atoms with Crippen LogP contribution in [0.4, 0.5) is 0 Å². The molecule has 0 unspecified atom stereocenters. The average molecular weight is 655 g/mol. The number of benzene rings is 5. The predicted molar refractivity (Wildman–Crippen MR) is 193 cm³/mol. The van der Waals surface area contributed by atoms with E-state index in [0.29, 0.717) is 39.6 Å². The first-order valence-electron chi connectivity index (χ1n) is 17.4. The second-order valence-electron chi connectivity index (χ2n) is 13.4. The van der Waals surface area contributed by atoms with E-state index < -0.39 is 0 Å². The zero-order valence-corrected chi connectivity index (χ0v) is 28.1. The molecule has 6 aromatic rings. The molecule has 0 atom stereocenters. The molecule has 242 valence electrons.